The molecule has 5 nitrogen and oxygen atoms in total. The Balaban J connectivity index is 1.72. The highest BCUT2D eigenvalue weighted by Gasteiger charge is 2.13. The second-order valence-corrected chi connectivity index (χ2v) is 5.05. The predicted molar refractivity (Wildman–Crippen MR) is 72.4 cm³/mol. The molecule has 0 bridgehead atoms. The first-order chi connectivity index (χ1) is 8.74. The zero-order valence-corrected chi connectivity index (χ0v) is 11.6. The van der Waals surface area contributed by atoms with Gasteiger partial charge in [-0.15, -0.1) is 0 Å². The van der Waals surface area contributed by atoms with E-state index in [2.05, 4.69) is 31.4 Å². The van der Waals surface area contributed by atoms with Crippen LogP contribution in [0.4, 0.5) is 0 Å². The average molecular weight is 314 g/mol. The van der Waals surface area contributed by atoms with E-state index in [-0.39, 0.29) is 5.91 Å². The van der Waals surface area contributed by atoms with Crippen LogP contribution >= 0.6 is 15.9 Å². The van der Waals surface area contributed by atoms with Crippen LogP contribution < -0.4 is 5.43 Å². The third-order valence-corrected chi connectivity index (χ3v) is 3.22. The van der Waals surface area contributed by atoms with Crippen LogP contribution in [-0.4, -0.2) is 36.7 Å². The van der Waals surface area contributed by atoms with Crippen LogP contribution in [0.3, 0.4) is 0 Å². The van der Waals surface area contributed by atoms with Gasteiger partial charge in [-0.1, -0.05) is 6.42 Å². The number of carbonyl (C=O) groups excluding carboxylic acids is 1. The van der Waals surface area contributed by atoms with Crippen molar-refractivity contribution in [2.24, 2.45) is 5.10 Å². The van der Waals surface area contributed by atoms with Crippen LogP contribution in [0.15, 0.2) is 26.3 Å². The van der Waals surface area contributed by atoms with Gasteiger partial charge in [0.1, 0.15) is 5.76 Å². The fourth-order valence-corrected chi connectivity index (χ4v) is 2.24. The largest absolute Gasteiger partial charge is 0.448 e. The Kier molecular flexibility index (Phi) is 4.95. The lowest BCUT2D eigenvalue weighted by Crippen LogP contribution is -2.38. The first kappa shape index (κ1) is 13.3. The summed E-state index contributed by atoms with van der Waals surface area (Å²) in [6.07, 6.45) is 5.11. The Bertz CT molecular complexity index is 425. The van der Waals surface area contributed by atoms with Crippen molar-refractivity contribution in [3.63, 3.8) is 0 Å². The minimum atomic E-state index is -0.0845. The molecule has 98 valence electrons. The lowest BCUT2D eigenvalue weighted by atomic mass is 10.1. The maximum absolute atomic E-state index is 11.6. The Labute approximate surface area is 114 Å². The summed E-state index contributed by atoms with van der Waals surface area (Å²) in [5.41, 5.74) is 2.50. The fraction of sp³-hybridized carbons (Fsp3) is 0.500. The second-order valence-electron chi connectivity index (χ2n) is 4.27. The van der Waals surface area contributed by atoms with E-state index < -0.39 is 0 Å². The predicted octanol–water partition coefficient (Wildman–Crippen LogP) is 1.98. The molecule has 1 N–H and O–H groups in total. The molecule has 2 rings (SSSR count). The zero-order valence-electron chi connectivity index (χ0n) is 10.1. The van der Waals surface area contributed by atoms with Crippen molar-refractivity contribution in [2.45, 2.75) is 19.3 Å². The standard InChI is InChI=1S/C12H16BrN3O2/c13-11-5-4-10(18-11)8-14-15-12(17)9-16-6-2-1-3-7-16/h4-5,8H,1-3,6-7,9H2,(H,15,17)/b14-8-. The Morgan fingerprint density at radius 3 is 2.89 bits per heavy atom. The van der Waals surface area contributed by atoms with Gasteiger partial charge in [0.25, 0.3) is 5.91 Å². The monoisotopic (exact) mass is 313 g/mol. The number of halogens is 1. The molecule has 0 aliphatic carbocycles. The van der Waals surface area contributed by atoms with Crippen molar-refractivity contribution < 1.29 is 9.21 Å². The van der Waals surface area contributed by atoms with Crippen molar-refractivity contribution in [3.8, 4) is 0 Å². The second kappa shape index (κ2) is 6.70. The van der Waals surface area contributed by atoms with Crippen LogP contribution in [-0.2, 0) is 4.79 Å². The zero-order chi connectivity index (χ0) is 12.8. The van der Waals surface area contributed by atoms with Gasteiger partial charge in [-0.25, -0.2) is 5.43 Å². The van der Waals surface area contributed by atoms with Crippen LogP contribution in [0.2, 0.25) is 0 Å². The van der Waals surface area contributed by atoms with E-state index in [9.17, 15) is 4.79 Å². The molecule has 1 amide bonds. The minimum absolute atomic E-state index is 0.0845. The summed E-state index contributed by atoms with van der Waals surface area (Å²) in [5, 5.41) is 3.85. The van der Waals surface area contributed by atoms with Gasteiger partial charge in [0, 0.05) is 0 Å². The first-order valence-corrected chi connectivity index (χ1v) is 6.83. The summed E-state index contributed by atoms with van der Waals surface area (Å²) < 4.78 is 5.86. The van der Waals surface area contributed by atoms with Gasteiger partial charge in [-0.05, 0) is 54.0 Å². The summed E-state index contributed by atoms with van der Waals surface area (Å²) in [6.45, 7) is 2.42. The molecule has 1 saturated heterocycles. The molecule has 1 aliphatic heterocycles. The smallest absolute Gasteiger partial charge is 0.254 e. The van der Waals surface area contributed by atoms with Crippen molar-refractivity contribution in [1.29, 1.82) is 0 Å². The van der Waals surface area contributed by atoms with Gasteiger partial charge in [0.05, 0.1) is 12.8 Å². The number of likely N-dealkylation sites (tertiary alicyclic amines) is 1. The van der Waals surface area contributed by atoms with Gasteiger partial charge < -0.3 is 4.42 Å². The number of nitrogens with one attached hydrogen (secondary N) is 1. The van der Waals surface area contributed by atoms with E-state index in [1.165, 1.54) is 25.5 Å². The molecule has 0 spiro atoms. The molecule has 6 heteroatoms. The number of nitrogens with zero attached hydrogens (tertiary/aromatic N) is 2. The molecule has 0 aromatic carbocycles. The molecular weight excluding hydrogens is 298 g/mol. The fourth-order valence-electron chi connectivity index (χ4n) is 1.92. The maximum Gasteiger partial charge on any atom is 0.254 e. The van der Waals surface area contributed by atoms with Gasteiger partial charge in [0.15, 0.2) is 4.67 Å². The van der Waals surface area contributed by atoms with Gasteiger partial charge >= 0.3 is 0 Å². The molecular formula is C12H16BrN3O2. The molecule has 0 saturated carbocycles. The summed E-state index contributed by atoms with van der Waals surface area (Å²) in [5.74, 6) is 0.513. The highest BCUT2D eigenvalue weighted by atomic mass is 79.9. The molecule has 2 heterocycles. The average Bonchev–Trinajstić information content (AvgIpc) is 2.76. The third kappa shape index (κ3) is 4.27. The molecule has 1 fully saturated rings. The van der Waals surface area contributed by atoms with E-state index in [1.54, 1.807) is 12.1 Å². The van der Waals surface area contributed by atoms with Gasteiger partial charge in [-0.2, -0.15) is 5.10 Å². The lowest BCUT2D eigenvalue weighted by molar-refractivity contribution is -0.122. The first-order valence-electron chi connectivity index (χ1n) is 6.03. The molecule has 18 heavy (non-hydrogen) atoms. The topological polar surface area (TPSA) is 57.8 Å². The van der Waals surface area contributed by atoms with E-state index >= 15 is 0 Å². The summed E-state index contributed by atoms with van der Waals surface area (Å²) in [4.78, 5) is 13.8. The summed E-state index contributed by atoms with van der Waals surface area (Å²) >= 11 is 3.20. The molecule has 1 aromatic heterocycles. The number of hydrogen-bond acceptors (Lipinski definition) is 4. The minimum Gasteiger partial charge on any atom is -0.448 e. The van der Waals surface area contributed by atoms with E-state index in [1.807, 2.05) is 0 Å². The number of carbonyl (C=O) groups is 1. The normalized spacial score (nSPS) is 17.2. The number of hydrazone groups is 1. The molecule has 0 radical (unpaired) electrons. The molecule has 0 atom stereocenters. The van der Waals surface area contributed by atoms with E-state index in [0.29, 0.717) is 17.0 Å². The summed E-state index contributed by atoms with van der Waals surface area (Å²) in [7, 11) is 0. The number of rotatable bonds is 4. The van der Waals surface area contributed by atoms with Gasteiger partial charge in [-0.3, -0.25) is 9.69 Å². The van der Waals surface area contributed by atoms with Crippen LogP contribution in [0.5, 0.6) is 0 Å². The van der Waals surface area contributed by atoms with Crippen LogP contribution in [0.1, 0.15) is 25.0 Å². The maximum atomic E-state index is 11.6. The molecule has 1 aromatic rings. The molecule has 0 unspecified atom stereocenters. The number of hydrogen-bond donors (Lipinski definition) is 1. The van der Waals surface area contributed by atoms with Crippen molar-refractivity contribution in [1.82, 2.24) is 10.3 Å². The van der Waals surface area contributed by atoms with Crippen molar-refractivity contribution in [2.75, 3.05) is 19.6 Å². The van der Waals surface area contributed by atoms with Crippen molar-refractivity contribution >= 4 is 28.1 Å². The van der Waals surface area contributed by atoms with E-state index in [0.717, 1.165) is 13.1 Å². The summed E-state index contributed by atoms with van der Waals surface area (Å²) in [6, 6.07) is 3.54. The Morgan fingerprint density at radius 2 is 2.22 bits per heavy atom. The number of piperidine rings is 1. The third-order valence-electron chi connectivity index (χ3n) is 2.79. The quantitative estimate of drug-likeness (QED) is 0.683. The highest BCUT2D eigenvalue weighted by molar-refractivity contribution is 9.10. The van der Waals surface area contributed by atoms with Gasteiger partial charge in [0.2, 0.25) is 0 Å². The number of amides is 1. The highest BCUT2D eigenvalue weighted by Crippen LogP contribution is 2.12. The van der Waals surface area contributed by atoms with E-state index in [4.69, 9.17) is 4.42 Å². The van der Waals surface area contributed by atoms with Crippen LogP contribution in [0.25, 0.3) is 0 Å². The van der Waals surface area contributed by atoms with Crippen LogP contribution in [0, 0.1) is 0 Å². The van der Waals surface area contributed by atoms with Crippen molar-refractivity contribution in [3.05, 3.63) is 22.6 Å². The Hall–Kier alpha value is -1.14. The molecule has 1 aliphatic rings. The SMILES string of the molecule is O=C(CN1CCCCC1)N/N=C\c1ccc(Br)o1. The Morgan fingerprint density at radius 1 is 1.44 bits per heavy atom. The number of furan rings is 1. The lowest BCUT2D eigenvalue weighted by Gasteiger charge is -2.25.